The molecule has 0 aliphatic rings. The molecule has 0 radical (unpaired) electrons. The third-order valence-corrected chi connectivity index (χ3v) is 3.37. The van der Waals surface area contributed by atoms with E-state index in [0.717, 1.165) is 11.1 Å². The molecule has 24 heavy (non-hydrogen) atoms. The number of pyridine rings is 1. The van der Waals surface area contributed by atoms with Gasteiger partial charge in [0.25, 0.3) is 0 Å². The van der Waals surface area contributed by atoms with Gasteiger partial charge in [0, 0.05) is 6.20 Å². The molecule has 1 aromatic carbocycles. The SMILES string of the molecule is Cc1ccc(C(N)C(=O)NCCOc2ncccc2Cl)cc1.Cl.Cl. The third kappa shape index (κ3) is 6.53. The Morgan fingerprint density at radius 3 is 2.58 bits per heavy atom. The van der Waals surface area contributed by atoms with E-state index in [1.54, 1.807) is 18.3 Å². The van der Waals surface area contributed by atoms with E-state index in [4.69, 9.17) is 22.1 Å². The Hall–Kier alpha value is -1.53. The molecule has 132 valence electrons. The number of nitrogens with one attached hydrogen (secondary N) is 1. The monoisotopic (exact) mass is 391 g/mol. The molecule has 1 atom stereocenters. The van der Waals surface area contributed by atoms with Crippen LogP contribution >= 0.6 is 36.4 Å². The number of ether oxygens (including phenoxy) is 1. The lowest BCUT2D eigenvalue weighted by Gasteiger charge is -2.13. The number of carbonyl (C=O) groups is 1. The summed E-state index contributed by atoms with van der Waals surface area (Å²) in [6.45, 7) is 2.57. The zero-order valence-corrected chi connectivity index (χ0v) is 15.5. The first-order chi connectivity index (χ1) is 10.6. The predicted molar refractivity (Wildman–Crippen MR) is 100 cm³/mol. The molecular weight excluding hydrogens is 373 g/mol. The normalized spacial score (nSPS) is 10.8. The fourth-order valence-electron chi connectivity index (χ4n) is 1.83. The molecule has 0 saturated carbocycles. The van der Waals surface area contributed by atoms with Gasteiger partial charge in [-0.3, -0.25) is 4.79 Å². The van der Waals surface area contributed by atoms with Gasteiger partial charge in [0.15, 0.2) is 0 Å². The van der Waals surface area contributed by atoms with Crippen molar-refractivity contribution in [2.75, 3.05) is 13.2 Å². The number of rotatable bonds is 6. The Kier molecular flexibility index (Phi) is 10.4. The molecule has 1 amide bonds. The Labute approximate surface area is 158 Å². The largest absolute Gasteiger partial charge is 0.475 e. The second kappa shape index (κ2) is 11.1. The van der Waals surface area contributed by atoms with Crippen LogP contribution in [0.4, 0.5) is 0 Å². The lowest BCUT2D eigenvalue weighted by atomic mass is 10.1. The molecule has 2 aromatic rings. The molecule has 0 bridgehead atoms. The van der Waals surface area contributed by atoms with E-state index in [9.17, 15) is 4.79 Å². The van der Waals surface area contributed by atoms with E-state index in [1.807, 2.05) is 31.2 Å². The maximum absolute atomic E-state index is 12.0. The molecule has 0 aliphatic carbocycles. The molecule has 0 spiro atoms. The highest BCUT2D eigenvalue weighted by atomic mass is 35.5. The van der Waals surface area contributed by atoms with Gasteiger partial charge in [-0.1, -0.05) is 41.4 Å². The van der Waals surface area contributed by atoms with Crippen LogP contribution in [0.15, 0.2) is 42.6 Å². The fraction of sp³-hybridized carbons (Fsp3) is 0.250. The van der Waals surface area contributed by atoms with Crippen molar-refractivity contribution in [3.8, 4) is 5.88 Å². The number of amides is 1. The summed E-state index contributed by atoms with van der Waals surface area (Å²) >= 11 is 5.91. The van der Waals surface area contributed by atoms with Gasteiger partial charge in [0.1, 0.15) is 17.7 Å². The highest BCUT2D eigenvalue weighted by Crippen LogP contribution is 2.19. The minimum atomic E-state index is -0.695. The summed E-state index contributed by atoms with van der Waals surface area (Å²) in [7, 11) is 0. The van der Waals surface area contributed by atoms with Gasteiger partial charge < -0.3 is 15.8 Å². The Morgan fingerprint density at radius 2 is 1.96 bits per heavy atom. The number of nitrogens with zero attached hydrogens (tertiary/aromatic N) is 1. The average molecular weight is 393 g/mol. The van der Waals surface area contributed by atoms with Gasteiger partial charge in [-0.25, -0.2) is 4.98 Å². The number of hydrogen-bond acceptors (Lipinski definition) is 4. The van der Waals surface area contributed by atoms with Crippen LogP contribution in [-0.2, 0) is 4.79 Å². The maximum atomic E-state index is 12.0. The lowest BCUT2D eigenvalue weighted by Crippen LogP contribution is -2.36. The van der Waals surface area contributed by atoms with Crippen molar-refractivity contribution in [3.05, 3.63) is 58.7 Å². The van der Waals surface area contributed by atoms with Crippen molar-refractivity contribution in [2.24, 2.45) is 5.73 Å². The van der Waals surface area contributed by atoms with Crippen molar-refractivity contribution < 1.29 is 9.53 Å². The average Bonchev–Trinajstić information content (AvgIpc) is 2.53. The van der Waals surface area contributed by atoms with Gasteiger partial charge in [-0.05, 0) is 24.6 Å². The van der Waals surface area contributed by atoms with E-state index in [-0.39, 0.29) is 37.3 Å². The number of nitrogens with two attached hydrogens (primary N) is 1. The summed E-state index contributed by atoms with van der Waals surface area (Å²) in [5, 5.41) is 3.16. The molecule has 1 unspecified atom stereocenters. The lowest BCUT2D eigenvalue weighted by molar-refractivity contribution is -0.122. The van der Waals surface area contributed by atoms with Crippen LogP contribution in [0.2, 0.25) is 5.02 Å². The zero-order valence-electron chi connectivity index (χ0n) is 13.1. The van der Waals surface area contributed by atoms with Crippen molar-refractivity contribution in [1.82, 2.24) is 10.3 Å². The van der Waals surface area contributed by atoms with Gasteiger partial charge >= 0.3 is 0 Å². The summed E-state index contributed by atoms with van der Waals surface area (Å²) < 4.78 is 5.39. The summed E-state index contributed by atoms with van der Waals surface area (Å²) in [6.07, 6.45) is 1.59. The Bertz CT molecular complexity index is 639. The van der Waals surface area contributed by atoms with Crippen molar-refractivity contribution in [2.45, 2.75) is 13.0 Å². The van der Waals surface area contributed by atoms with Crippen LogP contribution in [-0.4, -0.2) is 24.0 Å². The van der Waals surface area contributed by atoms with E-state index >= 15 is 0 Å². The number of benzene rings is 1. The maximum Gasteiger partial charge on any atom is 0.241 e. The minimum Gasteiger partial charge on any atom is -0.475 e. The molecule has 5 nitrogen and oxygen atoms in total. The third-order valence-electron chi connectivity index (χ3n) is 3.08. The highest BCUT2D eigenvalue weighted by molar-refractivity contribution is 6.31. The second-order valence-corrected chi connectivity index (χ2v) is 5.23. The molecule has 0 aliphatic heterocycles. The molecule has 2 rings (SSSR count). The number of aryl methyl sites for hydroxylation is 1. The van der Waals surface area contributed by atoms with Crippen LogP contribution in [0.5, 0.6) is 5.88 Å². The van der Waals surface area contributed by atoms with Crippen molar-refractivity contribution in [3.63, 3.8) is 0 Å². The molecule has 0 saturated heterocycles. The summed E-state index contributed by atoms with van der Waals surface area (Å²) in [5.74, 6) is 0.0980. The van der Waals surface area contributed by atoms with Crippen LogP contribution in [0, 0.1) is 6.92 Å². The van der Waals surface area contributed by atoms with Crippen molar-refractivity contribution >= 4 is 42.3 Å². The summed E-state index contributed by atoms with van der Waals surface area (Å²) in [4.78, 5) is 16.0. The van der Waals surface area contributed by atoms with E-state index in [2.05, 4.69) is 10.3 Å². The van der Waals surface area contributed by atoms with Gasteiger partial charge in [0.2, 0.25) is 11.8 Å². The van der Waals surface area contributed by atoms with Gasteiger partial charge in [-0.15, -0.1) is 24.8 Å². The molecule has 8 heteroatoms. The van der Waals surface area contributed by atoms with E-state index < -0.39 is 6.04 Å². The van der Waals surface area contributed by atoms with E-state index in [1.165, 1.54) is 0 Å². The minimum absolute atomic E-state index is 0. The Balaban J connectivity index is 0.00000264. The standard InChI is InChI=1S/C16H18ClN3O2.2ClH/c1-11-4-6-12(7-5-11)14(18)15(21)19-9-10-22-16-13(17)3-2-8-20-16;;/h2-8,14H,9-10,18H2,1H3,(H,19,21);2*1H. The smallest absolute Gasteiger partial charge is 0.241 e. The molecular formula is C16H20Cl3N3O2. The second-order valence-electron chi connectivity index (χ2n) is 4.82. The number of halogens is 3. The number of hydrogen-bond donors (Lipinski definition) is 2. The zero-order chi connectivity index (χ0) is 15.9. The first kappa shape index (κ1) is 22.5. The molecule has 1 heterocycles. The quantitative estimate of drug-likeness (QED) is 0.741. The van der Waals surface area contributed by atoms with Crippen LogP contribution in [0.1, 0.15) is 17.2 Å². The number of aromatic nitrogens is 1. The van der Waals surface area contributed by atoms with Crippen LogP contribution in [0.25, 0.3) is 0 Å². The van der Waals surface area contributed by atoms with Crippen molar-refractivity contribution in [1.29, 1.82) is 0 Å². The molecule has 3 N–H and O–H groups in total. The highest BCUT2D eigenvalue weighted by Gasteiger charge is 2.14. The Morgan fingerprint density at radius 1 is 1.29 bits per heavy atom. The molecule has 1 aromatic heterocycles. The van der Waals surface area contributed by atoms with Crippen LogP contribution < -0.4 is 15.8 Å². The van der Waals surface area contributed by atoms with Crippen LogP contribution in [0.3, 0.4) is 0 Å². The first-order valence-electron chi connectivity index (χ1n) is 6.91. The number of carbonyl (C=O) groups excluding carboxylic acids is 1. The topological polar surface area (TPSA) is 77.2 Å². The fourth-order valence-corrected chi connectivity index (χ4v) is 2.01. The first-order valence-corrected chi connectivity index (χ1v) is 7.29. The predicted octanol–water partition coefficient (Wildman–Crippen LogP) is 3.08. The summed E-state index contributed by atoms with van der Waals surface area (Å²) in [6, 6.07) is 10.3. The molecule has 0 fully saturated rings. The van der Waals surface area contributed by atoms with Gasteiger partial charge in [0.05, 0.1) is 6.54 Å². The van der Waals surface area contributed by atoms with E-state index in [0.29, 0.717) is 17.4 Å². The summed E-state index contributed by atoms with van der Waals surface area (Å²) in [5.41, 5.74) is 7.82. The van der Waals surface area contributed by atoms with Gasteiger partial charge in [-0.2, -0.15) is 0 Å².